The lowest BCUT2D eigenvalue weighted by Gasteiger charge is -2.36. The van der Waals surface area contributed by atoms with E-state index in [-0.39, 0.29) is 12.4 Å². The number of rotatable bonds is 7. The molecule has 0 aliphatic carbocycles. The van der Waals surface area contributed by atoms with E-state index in [0.29, 0.717) is 6.61 Å². The van der Waals surface area contributed by atoms with Crippen molar-refractivity contribution in [3.05, 3.63) is 120 Å². The molecule has 4 rings (SSSR count). The first-order valence-electron chi connectivity index (χ1n) is 9.50. The second kappa shape index (κ2) is 8.53. The highest BCUT2D eigenvalue weighted by Gasteiger charge is 2.38. The van der Waals surface area contributed by atoms with Crippen LogP contribution in [-0.4, -0.2) is 26.1 Å². The summed E-state index contributed by atoms with van der Waals surface area (Å²) in [6, 6.07) is 31.0. The van der Waals surface area contributed by atoms with Gasteiger partial charge < -0.3 is 14.2 Å². The summed E-state index contributed by atoms with van der Waals surface area (Å²) in [5, 5.41) is 0. The molecule has 0 aromatic heterocycles. The van der Waals surface area contributed by atoms with Crippen molar-refractivity contribution < 1.29 is 14.2 Å². The quantitative estimate of drug-likeness (QED) is 0.435. The summed E-state index contributed by atoms with van der Waals surface area (Å²) in [6.07, 6.45) is 3.46. The van der Waals surface area contributed by atoms with Gasteiger partial charge in [-0.2, -0.15) is 0 Å². The lowest BCUT2D eigenvalue weighted by Crippen LogP contribution is -2.35. The Bertz CT molecular complexity index is 794. The topological polar surface area (TPSA) is 27.7 Å². The van der Waals surface area contributed by atoms with Crippen molar-refractivity contribution in [3.8, 4) is 0 Å². The van der Waals surface area contributed by atoms with E-state index < -0.39 is 5.60 Å². The van der Waals surface area contributed by atoms with Crippen LogP contribution in [-0.2, 0) is 19.8 Å². The van der Waals surface area contributed by atoms with Gasteiger partial charge in [-0.25, -0.2) is 0 Å². The highest BCUT2D eigenvalue weighted by molar-refractivity contribution is 5.47. The maximum atomic E-state index is 6.73. The molecule has 0 saturated heterocycles. The van der Waals surface area contributed by atoms with Gasteiger partial charge >= 0.3 is 0 Å². The minimum absolute atomic E-state index is 0.152. The zero-order valence-electron chi connectivity index (χ0n) is 15.9. The Kier molecular flexibility index (Phi) is 5.68. The van der Waals surface area contributed by atoms with Crippen LogP contribution < -0.4 is 0 Å². The molecule has 2 unspecified atom stereocenters. The SMILES string of the molecule is COC1C=CC(COC(c2ccccc2)(c2ccccc2)c2ccccc2)O1. The van der Waals surface area contributed by atoms with Crippen molar-refractivity contribution >= 4 is 0 Å². The van der Waals surface area contributed by atoms with Crippen molar-refractivity contribution in [1.82, 2.24) is 0 Å². The number of benzene rings is 3. The van der Waals surface area contributed by atoms with Gasteiger partial charge in [-0.3, -0.25) is 0 Å². The van der Waals surface area contributed by atoms with Crippen molar-refractivity contribution in [2.45, 2.75) is 18.0 Å². The van der Waals surface area contributed by atoms with E-state index in [1.54, 1.807) is 7.11 Å². The Labute approximate surface area is 166 Å². The second-order valence-corrected chi connectivity index (χ2v) is 6.75. The largest absolute Gasteiger partial charge is 0.358 e. The average molecular weight is 372 g/mol. The minimum Gasteiger partial charge on any atom is -0.358 e. The summed E-state index contributed by atoms with van der Waals surface area (Å²) in [7, 11) is 1.64. The number of hydrogen-bond donors (Lipinski definition) is 0. The smallest absolute Gasteiger partial charge is 0.177 e. The zero-order chi connectivity index (χ0) is 19.2. The minimum atomic E-state index is -0.730. The summed E-state index contributed by atoms with van der Waals surface area (Å²) in [6.45, 7) is 0.412. The Hall–Kier alpha value is -2.72. The fourth-order valence-corrected chi connectivity index (χ4v) is 3.68. The van der Waals surface area contributed by atoms with Crippen LogP contribution in [0.4, 0.5) is 0 Å². The molecule has 3 nitrogen and oxygen atoms in total. The van der Waals surface area contributed by atoms with Crippen LogP contribution in [0.2, 0.25) is 0 Å². The van der Waals surface area contributed by atoms with Gasteiger partial charge in [0.25, 0.3) is 0 Å². The van der Waals surface area contributed by atoms with Crippen LogP contribution in [0.1, 0.15) is 16.7 Å². The van der Waals surface area contributed by atoms with Crippen molar-refractivity contribution in [3.63, 3.8) is 0 Å². The number of ether oxygens (including phenoxy) is 3. The molecule has 1 aliphatic rings. The zero-order valence-corrected chi connectivity index (χ0v) is 15.9. The van der Waals surface area contributed by atoms with Crippen LogP contribution in [0.5, 0.6) is 0 Å². The fraction of sp³-hybridized carbons (Fsp3) is 0.200. The molecule has 0 bridgehead atoms. The van der Waals surface area contributed by atoms with Gasteiger partial charge in [0.2, 0.25) is 0 Å². The molecule has 2 atom stereocenters. The summed E-state index contributed by atoms with van der Waals surface area (Å²) < 4.78 is 17.9. The van der Waals surface area contributed by atoms with Crippen LogP contribution in [0, 0.1) is 0 Å². The summed E-state index contributed by atoms with van der Waals surface area (Å²) in [5.41, 5.74) is 2.51. The Morgan fingerprint density at radius 2 is 1.18 bits per heavy atom. The molecule has 28 heavy (non-hydrogen) atoms. The molecule has 3 aromatic carbocycles. The number of hydrogen-bond acceptors (Lipinski definition) is 3. The van der Waals surface area contributed by atoms with Crippen LogP contribution >= 0.6 is 0 Å². The predicted octanol–water partition coefficient (Wildman–Crippen LogP) is 4.92. The van der Waals surface area contributed by atoms with Crippen LogP contribution in [0.25, 0.3) is 0 Å². The van der Waals surface area contributed by atoms with Gasteiger partial charge in [0.15, 0.2) is 6.29 Å². The van der Waals surface area contributed by atoms with Gasteiger partial charge in [-0.05, 0) is 22.8 Å². The van der Waals surface area contributed by atoms with Gasteiger partial charge in [0.05, 0.1) is 6.61 Å². The Morgan fingerprint density at radius 3 is 1.57 bits per heavy atom. The molecule has 3 aromatic rings. The normalized spacial score (nSPS) is 19.0. The summed E-state index contributed by atoms with van der Waals surface area (Å²) >= 11 is 0. The van der Waals surface area contributed by atoms with E-state index in [1.807, 2.05) is 66.7 Å². The Morgan fingerprint density at radius 1 is 0.714 bits per heavy atom. The lowest BCUT2D eigenvalue weighted by atomic mass is 9.80. The lowest BCUT2D eigenvalue weighted by molar-refractivity contribution is -0.126. The van der Waals surface area contributed by atoms with Gasteiger partial charge in [0, 0.05) is 7.11 Å². The van der Waals surface area contributed by atoms with Crippen molar-refractivity contribution in [1.29, 1.82) is 0 Å². The van der Waals surface area contributed by atoms with Gasteiger partial charge in [-0.1, -0.05) is 97.1 Å². The molecule has 0 amide bonds. The third-order valence-electron chi connectivity index (χ3n) is 5.03. The van der Waals surface area contributed by atoms with Crippen LogP contribution in [0.3, 0.4) is 0 Å². The average Bonchev–Trinajstić information content (AvgIpc) is 3.25. The molecule has 1 aliphatic heterocycles. The first-order valence-corrected chi connectivity index (χ1v) is 9.50. The van der Waals surface area contributed by atoms with E-state index in [1.165, 1.54) is 0 Å². The molecule has 3 heteroatoms. The Balaban J connectivity index is 1.78. The molecule has 0 spiro atoms. The third kappa shape index (κ3) is 3.65. The van der Waals surface area contributed by atoms with E-state index >= 15 is 0 Å². The molecule has 0 saturated carbocycles. The molecule has 1 heterocycles. The molecule has 0 fully saturated rings. The monoisotopic (exact) mass is 372 g/mol. The summed E-state index contributed by atoms with van der Waals surface area (Å²) in [4.78, 5) is 0. The second-order valence-electron chi connectivity index (χ2n) is 6.75. The maximum Gasteiger partial charge on any atom is 0.177 e. The molecular weight excluding hydrogens is 348 g/mol. The van der Waals surface area contributed by atoms with E-state index in [2.05, 4.69) is 36.4 Å². The van der Waals surface area contributed by atoms with E-state index in [0.717, 1.165) is 16.7 Å². The van der Waals surface area contributed by atoms with E-state index in [9.17, 15) is 0 Å². The highest BCUT2D eigenvalue weighted by Crippen LogP contribution is 2.40. The van der Waals surface area contributed by atoms with Crippen molar-refractivity contribution in [2.75, 3.05) is 13.7 Å². The molecule has 142 valence electrons. The van der Waals surface area contributed by atoms with Crippen LogP contribution in [0.15, 0.2) is 103 Å². The fourth-order valence-electron chi connectivity index (χ4n) is 3.68. The maximum absolute atomic E-state index is 6.73. The first kappa shape index (κ1) is 18.6. The molecular formula is C25H24O3. The standard InChI is InChI=1S/C25H24O3/c1-26-24-18-17-23(28-24)19-27-25(20-11-5-2-6-12-20,21-13-7-3-8-14-21)22-15-9-4-10-16-22/h2-18,23-24H,19H2,1H3. The third-order valence-corrected chi connectivity index (χ3v) is 5.03. The van der Waals surface area contributed by atoms with Gasteiger partial charge in [-0.15, -0.1) is 0 Å². The molecule has 0 radical (unpaired) electrons. The van der Waals surface area contributed by atoms with Crippen molar-refractivity contribution in [2.24, 2.45) is 0 Å². The predicted molar refractivity (Wildman–Crippen MR) is 110 cm³/mol. The molecule has 0 N–H and O–H groups in total. The van der Waals surface area contributed by atoms with E-state index in [4.69, 9.17) is 14.2 Å². The number of methoxy groups -OCH3 is 1. The highest BCUT2D eigenvalue weighted by atomic mass is 16.7. The van der Waals surface area contributed by atoms with Gasteiger partial charge in [0.1, 0.15) is 11.7 Å². The first-order chi connectivity index (χ1) is 13.8. The summed E-state index contributed by atoms with van der Waals surface area (Å²) in [5.74, 6) is 0.